The van der Waals surface area contributed by atoms with Gasteiger partial charge in [0.25, 0.3) is 5.91 Å². The van der Waals surface area contributed by atoms with E-state index in [0.717, 1.165) is 11.3 Å². The number of imide groups is 1. The molecule has 4 rings (SSSR count). The molecule has 3 amide bonds. The molecule has 8 heteroatoms. The number of imidazole rings is 1. The molecule has 128 valence electrons. The number of carbonyl (C=O) groups is 2. The maximum Gasteiger partial charge on any atom is 0.401 e. The van der Waals surface area contributed by atoms with Crippen molar-refractivity contribution in [3.8, 4) is 0 Å². The van der Waals surface area contributed by atoms with Crippen molar-refractivity contribution in [2.45, 2.75) is 19.5 Å². The average molecular weight is 359 g/mol. The summed E-state index contributed by atoms with van der Waals surface area (Å²) in [4.78, 5) is 33.0. The van der Waals surface area contributed by atoms with Crippen molar-refractivity contribution in [1.82, 2.24) is 14.4 Å². The Morgan fingerprint density at radius 1 is 1.28 bits per heavy atom. The Kier molecular flexibility index (Phi) is 3.43. The average Bonchev–Trinajstić information content (AvgIpc) is 3.07. The summed E-state index contributed by atoms with van der Waals surface area (Å²) in [5.74, 6) is 0.842. The fourth-order valence-corrected chi connectivity index (χ4v) is 3.47. The third kappa shape index (κ3) is 2.26. The summed E-state index contributed by atoms with van der Waals surface area (Å²) < 4.78 is 3.72. The molecule has 0 saturated carbocycles. The number of fused-ring (bicyclic) bond motifs is 3. The number of aliphatic imine (C=N–C) groups is 1. The van der Waals surface area contributed by atoms with Gasteiger partial charge in [0.15, 0.2) is 0 Å². The number of hydrogen-bond acceptors (Lipinski definition) is 3. The molecule has 0 aliphatic carbocycles. The van der Waals surface area contributed by atoms with Gasteiger partial charge in [0.1, 0.15) is 11.9 Å². The molecule has 1 unspecified atom stereocenters. The molecular weight excluding hydrogens is 342 g/mol. The second kappa shape index (κ2) is 5.42. The minimum absolute atomic E-state index is 0.175. The molecule has 7 nitrogen and oxygen atoms in total. The first-order valence-corrected chi connectivity index (χ1v) is 8.26. The Bertz CT molecular complexity index is 949. The first-order valence-electron chi connectivity index (χ1n) is 7.88. The summed E-state index contributed by atoms with van der Waals surface area (Å²) >= 11 is 6.02. The first kappa shape index (κ1) is 15.8. The van der Waals surface area contributed by atoms with E-state index in [4.69, 9.17) is 11.6 Å². The summed E-state index contributed by atoms with van der Waals surface area (Å²) in [6.45, 7) is 2.13. The molecule has 0 N–H and O–H groups in total. The Hall–Kier alpha value is -2.67. The molecular formula is C17H17ClN5O2+. The van der Waals surface area contributed by atoms with Gasteiger partial charge in [0.05, 0.1) is 13.6 Å². The molecule has 25 heavy (non-hydrogen) atoms. The molecule has 2 aromatic rings. The topological polar surface area (TPSA) is 61.8 Å². The lowest BCUT2D eigenvalue weighted by Gasteiger charge is -2.33. The number of benzene rings is 1. The lowest BCUT2D eigenvalue weighted by Crippen LogP contribution is -2.62. The summed E-state index contributed by atoms with van der Waals surface area (Å²) in [7, 11) is 3.53. The van der Waals surface area contributed by atoms with E-state index >= 15 is 0 Å². The number of amidine groups is 1. The number of carbonyl (C=O) groups excluding carboxylic acids is 2. The highest BCUT2D eigenvalue weighted by Gasteiger charge is 2.52. The number of hydrogen-bond donors (Lipinski definition) is 0. The van der Waals surface area contributed by atoms with Crippen LogP contribution in [0.25, 0.3) is 0 Å². The second-order valence-corrected chi connectivity index (χ2v) is 6.74. The van der Waals surface area contributed by atoms with Gasteiger partial charge in [-0.15, -0.1) is 0 Å². The molecule has 0 radical (unpaired) electrons. The molecule has 1 fully saturated rings. The molecule has 2 aliphatic rings. The minimum atomic E-state index is -0.614. The van der Waals surface area contributed by atoms with Gasteiger partial charge in [0.2, 0.25) is 11.9 Å². The summed E-state index contributed by atoms with van der Waals surface area (Å²) in [6.07, 6.45) is 1.88. The van der Waals surface area contributed by atoms with E-state index in [1.54, 1.807) is 25.2 Å². The number of aryl methyl sites for hydroxylation is 1. The maximum absolute atomic E-state index is 13.1. The zero-order valence-electron chi connectivity index (χ0n) is 14.1. The standard InChI is InChI=1S/C17H17ClN5O2/c1-10-8-22-13-14(19-16(22)20(10)2)21(3)17(25)23(15(13)24)9-11-5-4-6-12(18)7-11/h4-8,13H,9H2,1-3H3/q+1. The molecule has 0 spiro atoms. The van der Waals surface area contributed by atoms with Crippen LogP contribution in [0, 0.1) is 6.92 Å². The van der Waals surface area contributed by atoms with Gasteiger partial charge in [-0.3, -0.25) is 14.6 Å². The number of nitrogens with zero attached hydrogens (tertiary/aromatic N) is 5. The molecule has 0 bridgehead atoms. The van der Waals surface area contributed by atoms with Gasteiger partial charge in [-0.05, 0) is 24.6 Å². The van der Waals surface area contributed by atoms with Gasteiger partial charge in [-0.2, -0.15) is 0 Å². The smallest absolute Gasteiger partial charge is 0.270 e. The van der Waals surface area contributed by atoms with Crippen LogP contribution in [-0.2, 0) is 18.4 Å². The van der Waals surface area contributed by atoms with Crippen LogP contribution in [0.15, 0.2) is 35.5 Å². The van der Waals surface area contributed by atoms with Crippen molar-refractivity contribution >= 4 is 35.3 Å². The Morgan fingerprint density at radius 3 is 2.76 bits per heavy atom. The summed E-state index contributed by atoms with van der Waals surface area (Å²) in [5, 5.41) is 0.571. The zero-order valence-corrected chi connectivity index (χ0v) is 14.9. The molecule has 2 aliphatic heterocycles. The van der Waals surface area contributed by atoms with E-state index in [9.17, 15) is 9.59 Å². The largest absolute Gasteiger partial charge is 0.401 e. The van der Waals surface area contributed by atoms with Gasteiger partial charge in [-0.25, -0.2) is 13.9 Å². The number of urea groups is 1. The number of likely N-dealkylation sites (N-methyl/N-ethyl adjacent to an activating group) is 1. The second-order valence-electron chi connectivity index (χ2n) is 6.31. The van der Waals surface area contributed by atoms with E-state index < -0.39 is 6.04 Å². The highest BCUT2D eigenvalue weighted by atomic mass is 35.5. The number of amides is 3. The van der Waals surface area contributed by atoms with Crippen LogP contribution in [-0.4, -0.2) is 39.2 Å². The first-order chi connectivity index (χ1) is 11.9. The van der Waals surface area contributed by atoms with Crippen molar-refractivity contribution in [3.05, 3.63) is 46.7 Å². The number of aromatic nitrogens is 2. The Balaban J connectivity index is 1.73. The van der Waals surface area contributed by atoms with Crippen molar-refractivity contribution in [2.75, 3.05) is 7.05 Å². The van der Waals surface area contributed by atoms with Crippen LogP contribution in [0.4, 0.5) is 10.7 Å². The van der Waals surface area contributed by atoms with Crippen LogP contribution in [0.1, 0.15) is 17.3 Å². The lowest BCUT2D eigenvalue weighted by molar-refractivity contribution is -0.677. The normalized spacial score (nSPS) is 19.2. The lowest BCUT2D eigenvalue weighted by atomic mass is 10.1. The van der Waals surface area contributed by atoms with Crippen LogP contribution < -0.4 is 4.57 Å². The third-order valence-electron chi connectivity index (χ3n) is 4.71. The summed E-state index contributed by atoms with van der Waals surface area (Å²) in [5.41, 5.74) is 1.79. The van der Waals surface area contributed by atoms with E-state index in [1.165, 1.54) is 9.80 Å². The predicted molar refractivity (Wildman–Crippen MR) is 91.6 cm³/mol. The predicted octanol–water partition coefficient (Wildman–Crippen LogP) is 1.95. The number of rotatable bonds is 2. The van der Waals surface area contributed by atoms with E-state index in [1.807, 2.05) is 35.4 Å². The minimum Gasteiger partial charge on any atom is -0.270 e. The van der Waals surface area contributed by atoms with E-state index in [-0.39, 0.29) is 18.5 Å². The molecule has 3 heterocycles. The van der Waals surface area contributed by atoms with Crippen LogP contribution in [0.2, 0.25) is 5.02 Å². The Labute approximate surface area is 149 Å². The van der Waals surface area contributed by atoms with Crippen molar-refractivity contribution < 1.29 is 14.2 Å². The van der Waals surface area contributed by atoms with Crippen molar-refractivity contribution in [1.29, 1.82) is 0 Å². The van der Waals surface area contributed by atoms with Gasteiger partial charge < -0.3 is 0 Å². The fourth-order valence-electron chi connectivity index (χ4n) is 3.26. The molecule has 1 saturated heterocycles. The highest BCUT2D eigenvalue weighted by Crippen LogP contribution is 2.29. The third-order valence-corrected chi connectivity index (χ3v) is 4.95. The molecule has 1 aromatic carbocycles. The van der Waals surface area contributed by atoms with E-state index in [2.05, 4.69) is 4.99 Å². The van der Waals surface area contributed by atoms with Gasteiger partial charge >= 0.3 is 12.0 Å². The quantitative estimate of drug-likeness (QED) is 0.770. The maximum atomic E-state index is 13.1. The summed E-state index contributed by atoms with van der Waals surface area (Å²) in [6, 6.07) is 6.16. The van der Waals surface area contributed by atoms with Crippen LogP contribution in [0.5, 0.6) is 0 Å². The highest BCUT2D eigenvalue weighted by molar-refractivity contribution is 6.30. The van der Waals surface area contributed by atoms with Gasteiger partial charge in [-0.1, -0.05) is 28.7 Å². The van der Waals surface area contributed by atoms with Crippen LogP contribution in [0.3, 0.4) is 0 Å². The Morgan fingerprint density at radius 2 is 2.04 bits per heavy atom. The molecule has 1 atom stereocenters. The molecule has 1 aromatic heterocycles. The zero-order chi connectivity index (χ0) is 17.9. The number of halogens is 1. The monoisotopic (exact) mass is 358 g/mol. The van der Waals surface area contributed by atoms with Crippen molar-refractivity contribution in [3.63, 3.8) is 0 Å². The van der Waals surface area contributed by atoms with Gasteiger partial charge in [0, 0.05) is 12.1 Å². The van der Waals surface area contributed by atoms with E-state index in [0.29, 0.717) is 16.8 Å². The fraction of sp³-hybridized carbons (Fsp3) is 0.294. The van der Waals surface area contributed by atoms with Crippen LogP contribution >= 0.6 is 11.6 Å². The SMILES string of the molecule is Cc1c[n+]2c(n1C)N=C1C2C(=O)N(Cc2cccc(Cl)c2)C(=O)N1C. The van der Waals surface area contributed by atoms with Crippen molar-refractivity contribution in [2.24, 2.45) is 12.0 Å².